The van der Waals surface area contributed by atoms with Gasteiger partial charge >= 0.3 is 0 Å². The highest BCUT2D eigenvalue weighted by Crippen LogP contribution is 2.28. The zero-order valence-corrected chi connectivity index (χ0v) is 13.7. The van der Waals surface area contributed by atoms with E-state index in [9.17, 15) is 0 Å². The van der Waals surface area contributed by atoms with Crippen LogP contribution < -0.4 is 0 Å². The van der Waals surface area contributed by atoms with Crippen LogP contribution in [0, 0.1) is 3.57 Å². The van der Waals surface area contributed by atoms with Gasteiger partial charge in [-0.05, 0) is 46.9 Å². The minimum absolute atomic E-state index is 0.566. The van der Waals surface area contributed by atoms with Crippen molar-refractivity contribution in [3.63, 3.8) is 0 Å². The fraction of sp³-hybridized carbons (Fsp3) is 0. The lowest BCUT2D eigenvalue weighted by molar-refractivity contribution is 1.11. The van der Waals surface area contributed by atoms with E-state index < -0.39 is 0 Å². The molecule has 0 aliphatic rings. The Morgan fingerprint density at radius 3 is 2.85 bits per heavy atom. The number of hydrogen-bond acceptors (Lipinski definition) is 2. The van der Waals surface area contributed by atoms with Crippen LogP contribution in [0.15, 0.2) is 41.4 Å². The van der Waals surface area contributed by atoms with Crippen LogP contribution in [0.25, 0.3) is 10.9 Å². The van der Waals surface area contributed by atoms with Gasteiger partial charge in [-0.15, -0.1) is 0 Å². The Bertz CT molecular complexity index is 811. The number of nitrogens with zero attached hydrogens (tertiary/aromatic N) is 2. The lowest BCUT2D eigenvalue weighted by Crippen LogP contribution is -1.83. The molecule has 0 amide bonds. The minimum Gasteiger partial charge on any atom is -0.276 e. The van der Waals surface area contributed by atoms with Crippen LogP contribution in [-0.2, 0) is 0 Å². The largest absolute Gasteiger partial charge is 0.276 e. The van der Waals surface area contributed by atoms with Crippen LogP contribution in [0.5, 0.6) is 0 Å². The van der Waals surface area contributed by atoms with E-state index in [0.717, 1.165) is 20.0 Å². The average Bonchev–Trinajstić information content (AvgIpc) is 2.82. The summed E-state index contributed by atoms with van der Waals surface area (Å²) in [5, 5.41) is 9.37. The molecule has 100 valence electrons. The first-order valence-electron chi connectivity index (χ1n) is 5.77. The van der Waals surface area contributed by atoms with Crippen molar-refractivity contribution in [1.82, 2.24) is 10.2 Å². The van der Waals surface area contributed by atoms with Crippen molar-refractivity contribution >= 4 is 68.7 Å². The Labute approximate surface area is 139 Å². The second-order valence-electron chi connectivity index (χ2n) is 4.13. The molecular weight excluding hydrogens is 408 g/mol. The molecule has 0 atom stereocenters. The van der Waals surface area contributed by atoms with E-state index >= 15 is 0 Å². The van der Waals surface area contributed by atoms with Gasteiger partial charge in [0.2, 0.25) is 0 Å². The zero-order chi connectivity index (χ0) is 14.1. The van der Waals surface area contributed by atoms with Crippen molar-refractivity contribution in [2.45, 2.75) is 0 Å². The van der Waals surface area contributed by atoms with Gasteiger partial charge in [0.1, 0.15) is 0 Å². The second-order valence-corrected chi connectivity index (χ2v) is 6.14. The fourth-order valence-electron chi connectivity index (χ4n) is 1.84. The number of fused-ring (bicyclic) bond motifs is 1. The third-order valence-electron chi connectivity index (χ3n) is 2.81. The van der Waals surface area contributed by atoms with Gasteiger partial charge in [-0.3, -0.25) is 5.10 Å². The molecule has 1 N–H and O–H groups in total. The normalized spacial score (nSPS) is 11.6. The highest BCUT2D eigenvalue weighted by Gasteiger charge is 2.07. The topological polar surface area (TPSA) is 41.0 Å². The van der Waals surface area contributed by atoms with Gasteiger partial charge in [-0.25, -0.2) is 4.99 Å². The molecule has 0 spiro atoms. The molecule has 0 aliphatic heterocycles. The van der Waals surface area contributed by atoms with Gasteiger partial charge in [0.25, 0.3) is 0 Å². The van der Waals surface area contributed by atoms with E-state index in [4.69, 9.17) is 23.2 Å². The molecule has 0 bridgehead atoms. The van der Waals surface area contributed by atoms with Crippen molar-refractivity contribution in [3.05, 3.63) is 55.6 Å². The number of H-pyrrole nitrogens is 1. The highest BCUT2D eigenvalue weighted by molar-refractivity contribution is 14.1. The number of aromatic nitrogens is 2. The molecule has 1 heterocycles. The van der Waals surface area contributed by atoms with Crippen molar-refractivity contribution < 1.29 is 0 Å². The van der Waals surface area contributed by atoms with Crippen molar-refractivity contribution in [3.8, 4) is 0 Å². The van der Waals surface area contributed by atoms with Gasteiger partial charge in [0.15, 0.2) is 5.82 Å². The maximum Gasteiger partial charge on any atom is 0.182 e. The number of benzene rings is 2. The molecule has 0 saturated carbocycles. The Morgan fingerprint density at radius 1 is 1.20 bits per heavy atom. The second kappa shape index (κ2) is 5.71. The Kier molecular flexibility index (Phi) is 3.96. The molecule has 6 heteroatoms. The lowest BCUT2D eigenvalue weighted by Gasteiger charge is -1.98. The number of halogens is 3. The molecular formula is C14H8Cl2IN3. The molecule has 0 unspecified atom stereocenters. The molecule has 3 aromatic rings. The average molecular weight is 416 g/mol. The standard InChI is InChI=1S/C14H8Cl2IN3/c15-9-5-4-8(10(16)6-9)7-18-14-13-11(17)2-1-3-12(13)19-20-14/h1-7H,(H,19,20). The van der Waals surface area contributed by atoms with Gasteiger partial charge in [-0.2, -0.15) is 5.10 Å². The number of aliphatic imine (C=N–C) groups is 1. The van der Waals surface area contributed by atoms with Crippen molar-refractivity contribution in [1.29, 1.82) is 0 Å². The van der Waals surface area contributed by atoms with E-state index in [1.807, 2.05) is 24.3 Å². The zero-order valence-electron chi connectivity index (χ0n) is 10.1. The predicted molar refractivity (Wildman–Crippen MR) is 92.5 cm³/mol. The summed E-state index contributed by atoms with van der Waals surface area (Å²) < 4.78 is 1.10. The summed E-state index contributed by atoms with van der Waals surface area (Å²) in [6.45, 7) is 0. The summed E-state index contributed by atoms with van der Waals surface area (Å²) in [6, 6.07) is 11.3. The van der Waals surface area contributed by atoms with Gasteiger partial charge in [-0.1, -0.05) is 35.3 Å². The van der Waals surface area contributed by atoms with E-state index in [2.05, 4.69) is 37.8 Å². The van der Waals surface area contributed by atoms with E-state index in [1.54, 1.807) is 18.3 Å². The summed E-state index contributed by atoms with van der Waals surface area (Å²) >= 11 is 14.3. The summed E-state index contributed by atoms with van der Waals surface area (Å²) in [6.07, 6.45) is 1.69. The number of nitrogens with one attached hydrogen (secondary N) is 1. The number of rotatable bonds is 2. The van der Waals surface area contributed by atoms with Gasteiger partial charge < -0.3 is 0 Å². The van der Waals surface area contributed by atoms with E-state index in [1.165, 1.54) is 0 Å². The third kappa shape index (κ3) is 2.68. The summed E-state index contributed by atoms with van der Waals surface area (Å²) in [7, 11) is 0. The Morgan fingerprint density at radius 2 is 2.05 bits per heavy atom. The predicted octanol–water partition coefficient (Wildman–Crippen LogP) is 5.22. The molecule has 0 saturated heterocycles. The molecule has 3 rings (SSSR count). The van der Waals surface area contributed by atoms with E-state index in [0.29, 0.717) is 15.9 Å². The lowest BCUT2D eigenvalue weighted by atomic mass is 10.2. The van der Waals surface area contributed by atoms with Crippen LogP contribution in [0.1, 0.15) is 5.56 Å². The molecule has 0 aliphatic carbocycles. The summed E-state index contributed by atoms with van der Waals surface area (Å²) in [5.74, 6) is 0.649. The molecule has 2 aromatic carbocycles. The Balaban J connectivity index is 2.03. The summed E-state index contributed by atoms with van der Waals surface area (Å²) in [4.78, 5) is 4.42. The smallest absolute Gasteiger partial charge is 0.182 e. The van der Waals surface area contributed by atoms with Crippen LogP contribution >= 0.6 is 45.8 Å². The molecule has 20 heavy (non-hydrogen) atoms. The molecule has 3 nitrogen and oxygen atoms in total. The van der Waals surface area contributed by atoms with Crippen molar-refractivity contribution in [2.75, 3.05) is 0 Å². The van der Waals surface area contributed by atoms with Crippen LogP contribution in [-0.4, -0.2) is 16.4 Å². The maximum atomic E-state index is 6.11. The number of aromatic amines is 1. The highest BCUT2D eigenvalue weighted by atomic mass is 127. The first kappa shape index (κ1) is 13.9. The van der Waals surface area contributed by atoms with Gasteiger partial charge in [0, 0.05) is 20.4 Å². The molecule has 0 fully saturated rings. The quantitative estimate of drug-likeness (QED) is 0.452. The van der Waals surface area contributed by atoms with Crippen LogP contribution in [0.2, 0.25) is 10.0 Å². The van der Waals surface area contributed by atoms with Crippen LogP contribution in [0.4, 0.5) is 5.82 Å². The fourth-order valence-corrected chi connectivity index (χ4v) is 3.04. The van der Waals surface area contributed by atoms with Crippen LogP contribution in [0.3, 0.4) is 0 Å². The first-order valence-corrected chi connectivity index (χ1v) is 7.60. The monoisotopic (exact) mass is 415 g/mol. The molecule has 0 radical (unpaired) electrons. The first-order chi connectivity index (χ1) is 9.65. The SMILES string of the molecule is Clc1ccc(C=Nc2n[nH]c3cccc(I)c23)c(Cl)c1. The van der Waals surface area contributed by atoms with E-state index in [-0.39, 0.29) is 0 Å². The van der Waals surface area contributed by atoms with Gasteiger partial charge in [0.05, 0.1) is 15.9 Å². The number of hydrogen-bond donors (Lipinski definition) is 1. The Hall–Kier alpha value is -1.11. The molecule has 1 aromatic heterocycles. The third-order valence-corrected chi connectivity index (χ3v) is 4.27. The minimum atomic E-state index is 0.566. The summed E-state index contributed by atoms with van der Waals surface area (Å²) in [5.41, 5.74) is 1.77. The van der Waals surface area contributed by atoms with Crippen molar-refractivity contribution in [2.24, 2.45) is 4.99 Å². The maximum absolute atomic E-state index is 6.11.